The molecule has 0 radical (unpaired) electrons. The quantitative estimate of drug-likeness (QED) is 0.741. The summed E-state index contributed by atoms with van der Waals surface area (Å²) < 4.78 is 39.8. The summed E-state index contributed by atoms with van der Waals surface area (Å²) in [7, 11) is -3.62. The van der Waals surface area contributed by atoms with Gasteiger partial charge in [0.15, 0.2) is 5.89 Å². The van der Waals surface area contributed by atoms with E-state index >= 15 is 0 Å². The van der Waals surface area contributed by atoms with Gasteiger partial charge < -0.3 is 14.1 Å². The number of hydrogen-bond acceptors (Lipinski definition) is 6. The van der Waals surface area contributed by atoms with Crippen LogP contribution >= 0.6 is 0 Å². The Morgan fingerprint density at radius 2 is 1.62 bits per heavy atom. The van der Waals surface area contributed by atoms with Crippen molar-refractivity contribution >= 4 is 10.0 Å². The predicted molar refractivity (Wildman–Crippen MR) is 108 cm³/mol. The molecule has 0 unspecified atom stereocenters. The van der Waals surface area contributed by atoms with Crippen LogP contribution in [0.3, 0.4) is 0 Å². The predicted octanol–water partition coefficient (Wildman–Crippen LogP) is 2.98. The van der Waals surface area contributed by atoms with Crippen LogP contribution in [0.1, 0.15) is 70.1 Å². The first-order chi connectivity index (χ1) is 14.0. The molecule has 8 heteroatoms. The first-order valence-corrected chi connectivity index (χ1v) is 12.8. The van der Waals surface area contributed by atoms with Crippen molar-refractivity contribution in [2.24, 2.45) is 5.92 Å². The number of likely N-dealkylation sites (tertiary alicyclic amines) is 1. The highest BCUT2D eigenvalue weighted by molar-refractivity contribution is 7.89. The molecule has 7 nitrogen and oxygen atoms in total. The van der Waals surface area contributed by atoms with E-state index < -0.39 is 10.0 Å². The first kappa shape index (κ1) is 20.0. The molecule has 4 saturated heterocycles. The SMILES string of the molecule is CC1CCN([C@H]2C[C@H]3CC[C@@H](C2)N3S(=O)(=O)c2cnc(C3CCOCC3)o2)CC1. The molecule has 0 aromatic carbocycles. The minimum Gasteiger partial charge on any atom is -0.428 e. The summed E-state index contributed by atoms with van der Waals surface area (Å²) in [5, 5.41) is 0.0288. The van der Waals surface area contributed by atoms with Crippen molar-refractivity contribution in [3.63, 3.8) is 0 Å². The minimum absolute atomic E-state index is 0.0288. The van der Waals surface area contributed by atoms with Crippen LogP contribution in [0.5, 0.6) is 0 Å². The van der Waals surface area contributed by atoms with Crippen molar-refractivity contribution < 1.29 is 17.6 Å². The van der Waals surface area contributed by atoms with Crippen molar-refractivity contribution in [2.45, 2.75) is 87.4 Å². The van der Waals surface area contributed by atoms with E-state index in [-0.39, 0.29) is 23.1 Å². The lowest BCUT2D eigenvalue weighted by Gasteiger charge is -2.44. The molecule has 3 atom stereocenters. The fourth-order valence-corrected chi connectivity index (χ4v) is 7.57. The number of sulfonamides is 1. The normalized spacial score (nSPS) is 33.3. The second-order valence-corrected chi connectivity index (χ2v) is 11.2. The van der Waals surface area contributed by atoms with Gasteiger partial charge in [0.05, 0.1) is 6.20 Å². The molecule has 0 N–H and O–H groups in total. The molecule has 29 heavy (non-hydrogen) atoms. The van der Waals surface area contributed by atoms with Crippen LogP contribution in [0, 0.1) is 5.92 Å². The summed E-state index contributed by atoms with van der Waals surface area (Å²) in [5.74, 6) is 1.54. The molecule has 0 saturated carbocycles. The summed E-state index contributed by atoms with van der Waals surface area (Å²) in [4.78, 5) is 6.95. The average molecular weight is 424 g/mol. The van der Waals surface area contributed by atoms with E-state index in [0.29, 0.717) is 25.1 Å². The standard InChI is InChI=1S/C21H33N3O4S/c1-15-4-8-23(9-5-15)19-12-17-2-3-18(13-19)24(17)29(25,26)20-14-22-21(28-20)16-6-10-27-11-7-16/h14-19H,2-13H2,1H3/t17-,18+,19+. The van der Waals surface area contributed by atoms with Gasteiger partial charge in [0, 0.05) is 37.3 Å². The lowest BCUT2D eigenvalue weighted by Crippen LogP contribution is -2.53. The molecule has 5 heterocycles. The number of piperidine rings is 2. The molecule has 162 valence electrons. The molecule has 0 spiro atoms. The Morgan fingerprint density at radius 3 is 2.28 bits per heavy atom. The van der Waals surface area contributed by atoms with Gasteiger partial charge in [0.25, 0.3) is 15.1 Å². The Labute approximate surface area is 173 Å². The molecule has 4 aliphatic heterocycles. The van der Waals surface area contributed by atoms with Gasteiger partial charge in [-0.3, -0.25) is 0 Å². The summed E-state index contributed by atoms with van der Waals surface area (Å²) in [5.41, 5.74) is 0. The lowest BCUT2D eigenvalue weighted by molar-refractivity contribution is 0.0744. The molecule has 4 aliphatic rings. The third kappa shape index (κ3) is 3.77. The number of rotatable bonds is 4. The van der Waals surface area contributed by atoms with Gasteiger partial charge in [0.1, 0.15) is 0 Å². The smallest absolute Gasteiger partial charge is 0.278 e. The summed E-state index contributed by atoms with van der Waals surface area (Å²) in [6, 6.07) is 0.721. The number of fused-ring (bicyclic) bond motifs is 2. The van der Waals surface area contributed by atoms with E-state index in [1.165, 1.54) is 19.0 Å². The maximum absolute atomic E-state index is 13.4. The Bertz CT molecular complexity index is 798. The van der Waals surface area contributed by atoms with Crippen molar-refractivity contribution in [3.05, 3.63) is 12.1 Å². The number of hydrogen-bond donors (Lipinski definition) is 0. The van der Waals surface area contributed by atoms with Crippen molar-refractivity contribution in [1.29, 1.82) is 0 Å². The van der Waals surface area contributed by atoms with Crippen LogP contribution in [0.4, 0.5) is 0 Å². The van der Waals surface area contributed by atoms with E-state index in [2.05, 4.69) is 16.8 Å². The van der Waals surface area contributed by atoms with Crippen molar-refractivity contribution in [3.8, 4) is 0 Å². The van der Waals surface area contributed by atoms with E-state index in [1.807, 2.05) is 0 Å². The van der Waals surface area contributed by atoms with Gasteiger partial charge in [-0.15, -0.1) is 0 Å². The van der Waals surface area contributed by atoms with Crippen LogP contribution in [0.25, 0.3) is 0 Å². The highest BCUT2D eigenvalue weighted by atomic mass is 32.2. The summed E-state index contributed by atoms with van der Waals surface area (Å²) >= 11 is 0. The minimum atomic E-state index is -3.62. The van der Waals surface area contributed by atoms with Crippen LogP contribution < -0.4 is 0 Å². The molecule has 1 aromatic rings. The molecule has 4 fully saturated rings. The van der Waals surface area contributed by atoms with E-state index in [4.69, 9.17) is 9.15 Å². The first-order valence-electron chi connectivity index (χ1n) is 11.3. The lowest BCUT2D eigenvalue weighted by atomic mass is 9.93. The Balaban J connectivity index is 1.30. The van der Waals surface area contributed by atoms with Gasteiger partial charge in [-0.05, 0) is 70.4 Å². The highest BCUT2D eigenvalue weighted by Crippen LogP contribution is 2.42. The molecule has 0 amide bonds. The zero-order chi connectivity index (χ0) is 20.0. The third-order valence-corrected chi connectivity index (χ3v) is 9.43. The average Bonchev–Trinajstić information content (AvgIpc) is 3.33. The van der Waals surface area contributed by atoms with Gasteiger partial charge in [-0.1, -0.05) is 6.92 Å². The Morgan fingerprint density at radius 1 is 0.966 bits per heavy atom. The fourth-order valence-electron chi connectivity index (χ4n) is 5.82. The second kappa shape index (κ2) is 7.94. The zero-order valence-corrected chi connectivity index (χ0v) is 18.1. The molecule has 5 rings (SSSR count). The molecule has 2 bridgehead atoms. The highest BCUT2D eigenvalue weighted by Gasteiger charge is 2.49. The van der Waals surface area contributed by atoms with Crippen LogP contribution in [-0.2, 0) is 14.8 Å². The number of ether oxygens (including phenoxy) is 1. The van der Waals surface area contributed by atoms with Crippen molar-refractivity contribution in [1.82, 2.24) is 14.2 Å². The molecule has 1 aromatic heterocycles. The number of nitrogens with zero attached hydrogens (tertiary/aromatic N) is 3. The Kier molecular flexibility index (Phi) is 5.47. The van der Waals surface area contributed by atoms with E-state index in [9.17, 15) is 8.42 Å². The van der Waals surface area contributed by atoms with Crippen LogP contribution in [-0.4, -0.2) is 67.0 Å². The van der Waals surface area contributed by atoms with Gasteiger partial charge in [-0.25, -0.2) is 13.4 Å². The second-order valence-electron chi connectivity index (χ2n) is 9.47. The Hall–Kier alpha value is -0.960. The third-order valence-electron chi connectivity index (χ3n) is 7.58. The van der Waals surface area contributed by atoms with E-state index in [1.54, 1.807) is 4.31 Å². The topological polar surface area (TPSA) is 75.9 Å². The van der Waals surface area contributed by atoms with Crippen LogP contribution in [0.15, 0.2) is 15.7 Å². The number of aromatic nitrogens is 1. The number of oxazole rings is 1. The molecule has 0 aliphatic carbocycles. The molecular weight excluding hydrogens is 390 g/mol. The zero-order valence-electron chi connectivity index (χ0n) is 17.3. The maximum atomic E-state index is 13.4. The maximum Gasteiger partial charge on any atom is 0.278 e. The molecular formula is C21H33N3O4S. The van der Waals surface area contributed by atoms with Gasteiger partial charge in [-0.2, -0.15) is 4.31 Å². The van der Waals surface area contributed by atoms with Gasteiger partial charge in [0.2, 0.25) is 0 Å². The van der Waals surface area contributed by atoms with Crippen molar-refractivity contribution in [2.75, 3.05) is 26.3 Å². The monoisotopic (exact) mass is 423 g/mol. The summed E-state index contributed by atoms with van der Waals surface area (Å²) in [6.07, 6.45) is 9.46. The van der Waals surface area contributed by atoms with Gasteiger partial charge >= 0.3 is 0 Å². The van der Waals surface area contributed by atoms with E-state index in [0.717, 1.165) is 57.5 Å². The summed E-state index contributed by atoms with van der Waals surface area (Å²) in [6.45, 7) is 6.02. The fraction of sp³-hybridized carbons (Fsp3) is 0.857. The largest absolute Gasteiger partial charge is 0.428 e. The van der Waals surface area contributed by atoms with Crippen LogP contribution in [0.2, 0.25) is 0 Å².